The number of rotatable bonds is 9. The quantitative estimate of drug-likeness (QED) is 0.171. The number of carbonyl (C=O) groups excluding carboxylic acids is 4. The summed E-state index contributed by atoms with van der Waals surface area (Å²) in [6.07, 6.45) is -0.871. The molecule has 0 spiro atoms. The molecule has 0 bridgehead atoms. The monoisotopic (exact) mass is 605 g/mol. The predicted octanol–water partition coefficient (Wildman–Crippen LogP) is 0.706. The molecule has 3 heterocycles. The summed E-state index contributed by atoms with van der Waals surface area (Å²) < 4.78 is 5.27. The Morgan fingerprint density at radius 1 is 1.24 bits per heavy atom. The Morgan fingerprint density at radius 3 is 2.54 bits per heavy atom. The van der Waals surface area contributed by atoms with Crippen molar-refractivity contribution in [1.29, 1.82) is 0 Å². The number of benzene rings is 1. The number of aromatic amines is 1. The van der Waals surface area contributed by atoms with E-state index in [0.29, 0.717) is 11.1 Å². The normalized spacial score (nSPS) is 19.1. The number of carboxylic acids is 1. The highest BCUT2D eigenvalue weighted by molar-refractivity contribution is 8.01. The molecule has 1 aromatic heterocycles. The number of fused-ring (bicyclic) bond motifs is 1. The smallest absolute Gasteiger partial charge is 0.408 e. The summed E-state index contributed by atoms with van der Waals surface area (Å²) in [5, 5.41) is 34.0. The van der Waals surface area contributed by atoms with Crippen molar-refractivity contribution >= 4 is 53.3 Å². The Bertz CT molecular complexity index is 1420. The molecule has 218 valence electrons. The zero-order valence-electron chi connectivity index (χ0n) is 22.0. The van der Waals surface area contributed by atoms with Crippen LogP contribution in [0.1, 0.15) is 42.9 Å². The number of carbonyl (C=O) groups is 5. The van der Waals surface area contributed by atoms with Crippen molar-refractivity contribution in [1.82, 2.24) is 30.9 Å². The Morgan fingerprint density at radius 2 is 1.93 bits per heavy atom. The summed E-state index contributed by atoms with van der Waals surface area (Å²) in [4.78, 5) is 63.7. The molecule has 7 N–H and O–H groups in total. The number of H-pyrrole nitrogens is 1. The molecular formula is C24H27N7O8S2. The van der Waals surface area contributed by atoms with Crippen LogP contribution in [-0.2, 0) is 19.1 Å². The van der Waals surface area contributed by atoms with Gasteiger partial charge in [-0.15, -0.1) is 22.0 Å². The Hall–Kier alpha value is -4.25. The molecular weight excluding hydrogens is 578 g/mol. The molecule has 4 rings (SSSR count). The van der Waals surface area contributed by atoms with Crippen LogP contribution < -0.4 is 16.4 Å². The van der Waals surface area contributed by atoms with Crippen LogP contribution in [0.15, 0.2) is 40.6 Å². The van der Waals surface area contributed by atoms with Gasteiger partial charge in [-0.1, -0.05) is 23.9 Å². The van der Waals surface area contributed by atoms with Gasteiger partial charge in [0.05, 0.1) is 0 Å². The number of nitrogens with zero attached hydrogens (tertiary/aromatic N) is 3. The van der Waals surface area contributed by atoms with Gasteiger partial charge in [-0.25, -0.2) is 9.59 Å². The van der Waals surface area contributed by atoms with Crippen LogP contribution in [-0.4, -0.2) is 88.8 Å². The standard InChI is InChI=1S/C24H27N7O8S2/c1-24(2,3)39-23(38)27-13(10-4-6-12(32)7-5-10)18(34)26-15-20(35)31-16(22(36)37)11(9-41-21(15)31)8-40-19-14(17(25)33)28-30-29-19/h4-7,13,15,21,32H,8-9H2,1-3H3,(H2,25,33)(H,26,34)(H,27,38)(H,36,37)(H,28,29,30)/t13-,15?,21-/m1/s1. The van der Waals surface area contributed by atoms with E-state index in [-0.39, 0.29) is 33.7 Å². The molecule has 1 unspecified atom stereocenters. The summed E-state index contributed by atoms with van der Waals surface area (Å²) in [5.74, 6) is -3.23. The third kappa shape index (κ3) is 6.57. The topological polar surface area (TPSA) is 230 Å². The fourth-order valence-electron chi connectivity index (χ4n) is 4.06. The fourth-order valence-corrected chi connectivity index (χ4v) is 6.47. The number of carboxylic acid groups (broad SMARTS) is 1. The van der Waals surface area contributed by atoms with Gasteiger partial charge < -0.3 is 31.3 Å². The van der Waals surface area contributed by atoms with Crippen LogP contribution in [0.2, 0.25) is 0 Å². The van der Waals surface area contributed by atoms with Gasteiger partial charge in [-0.3, -0.25) is 19.3 Å². The Kier molecular flexibility index (Phi) is 8.48. The number of aromatic nitrogens is 3. The molecule has 2 aromatic rings. The van der Waals surface area contributed by atoms with E-state index in [4.69, 9.17) is 10.5 Å². The minimum Gasteiger partial charge on any atom is -0.508 e. The second-order valence-electron chi connectivity index (χ2n) is 9.95. The lowest BCUT2D eigenvalue weighted by atomic mass is 10.0. The van der Waals surface area contributed by atoms with E-state index in [0.717, 1.165) is 16.7 Å². The lowest BCUT2D eigenvalue weighted by Gasteiger charge is -2.49. The Balaban J connectivity index is 1.50. The SMILES string of the molecule is CC(C)(C)OC(=O)N[C@@H](C(=O)NC1C(=O)N2C(C(=O)O)=C(CSc3n[nH]nc3C(N)=O)CS[C@H]12)c1ccc(O)cc1. The molecule has 0 radical (unpaired) electrons. The van der Waals surface area contributed by atoms with Gasteiger partial charge in [0.15, 0.2) is 10.7 Å². The van der Waals surface area contributed by atoms with Gasteiger partial charge >= 0.3 is 12.1 Å². The third-order valence-electron chi connectivity index (χ3n) is 5.83. The van der Waals surface area contributed by atoms with E-state index in [1.807, 2.05) is 0 Å². The molecule has 15 nitrogen and oxygen atoms in total. The predicted molar refractivity (Wildman–Crippen MR) is 146 cm³/mol. The van der Waals surface area contributed by atoms with E-state index >= 15 is 0 Å². The van der Waals surface area contributed by atoms with Crippen LogP contribution in [0.4, 0.5) is 4.79 Å². The zero-order chi connectivity index (χ0) is 30.1. The molecule has 0 saturated carbocycles. The van der Waals surface area contributed by atoms with Crippen molar-refractivity contribution in [3.8, 4) is 5.75 Å². The summed E-state index contributed by atoms with van der Waals surface area (Å²) >= 11 is 2.29. The number of phenols is 1. The van der Waals surface area contributed by atoms with E-state index in [1.54, 1.807) is 20.8 Å². The van der Waals surface area contributed by atoms with Crippen molar-refractivity contribution in [2.24, 2.45) is 5.73 Å². The second kappa shape index (κ2) is 11.7. The second-order valence-corrected chi connectivity index (χ2v) is 12.0. The first-order chi connectivity index (χ1) is 19.3. The van der Waals surface area contributed by atoms with Crippen LogP contribution in [0, 0.1) is 0 Å². The average Bonchev–Trinajstić information content (AvgIpc) is 3.37. The number of aliphatic carboxylic acids is 1. The molecule has 1 saturated heterocycles. The first kappa shape index (κ1) is 29.7. The van der Waals surface area contributed by atoms with Gasteiger partial charge in [-0.2, -0.15) is 5.21 Å². The summed E-state index contributed by atoms with van der Waals surface area (Å²) in [6.45, 7) is 4.98. The largest absolute Gasteiger partial charge is 0.508 e. The molecule has 0 aliphatic carbocycles. The fraction of sp³-hybridized carbons (Fsp3) is 0.375. The van der Waals surface area contributed by atoms with Gasteiger partial charge in [0.2, 0.25) is 5.91 Å². The first-order valence-electron chi connectivity index (χ1n) is 12.1. The maximum absolute atomic E-state index is 13.3. The molecule has 4 amide bonds. The van der Waals surface area contributed by atoms with Crippen LogP contribution in [0.25, 0.3) is 0 Å². The van der Waals surface area contributed by atoms with E-state index in [2.05, 4.69) is 26.0 Å². The number of thioether (sulfide) groups is 2. The van der Waals surface area contributed by atoms with E-state index < -0.39 is 52.8 Å². The van der Waals surface area contributed by atoms with Gasteiger partial charge in [0.1, 0.15) is 34.5 Å². The van der Waals surface area contributed by atoms with Crippen LogP contribution >= 0.6 is 23.5 Å². The average molecular weight is 606 g/mol. The van der Waals surface area contributed by atoms with Crippen molar-refractivity contribution in [3.05, 3.63) is 46.8 Å². The molecule has 3 atom stereocenters. The number of nitrogens with two attached hydrogens (primary N) is 1. The number of β-lactam (4-membered cyclic amide) rings is 1. The van der Waals surface area contributed by atoms with Gasteiger partial charge in [0, 0.05) is 11.5 Å². The highest BCUT2D eigenvalue weighted by Gasteiger charge is 2.54. The van der Waals surface area contributed by atoms with Gasteiger partial charge in [-0.05, 0) is 44.0 Å². The van der Waals surface area contributed by atoms with Crippen molar-refractivity contribution in [2.75, 3.05) is 11.5 Å². The number of ether oxygens (including phenoxy) is 1. The molecule has 41 heavy (non-hydrogen) atoms. The van der Waals surface area contributed by atoms with Crippen LogP contribution in [0.5, 0.6) is 5.75 Å². The third-order valence-corrected chi connectivity index (χ3v) is 8.22. The molecule has 1 aromatic carbocycles. The molecule has 1 fully saturated rings. The number of hydrogen-bond donors (Lipinski definition) is 6. The minimum absolute atomic E-state index is 0.0510. The summed E-state index contributed by atoms with van der Waals surface area (Å²) in [6, 6.07) is 3.23. The zero-order valence-corrected chi connectivity index (χ0v) is 23.7. The number of hydrogen-bond acceptors (Lipinski definition) is 11. The number of amides is 4. The molecule has 17 heteroatoms. The van der Waals surface area contributed by atoms with Crippen molar-refractivity contribution in [2.45, 2.75) is 48.9 Å². The maximum atomic E-state index is 13.3. The number of alkyl carbamates (subject to hydrolysis) is 1. The summed E-state index contributed by atoms with van der Waals surface area (Å²) in [7, 11) is 0. The number of nitrogens with one attached hydrogen (secondary N) is 3. The minimum atomic E-state index is -1.33. The Labute approximate surface area is 241 Å². The number of primary amides is 1. The van der Waals surface area contributed by atoms with Crippen LogP contribution in [0.3, 0.4) is 0 Å². The lowest BCUT2D eigenvalue weighted by molar-refractivity contribution is -0.151. The van der Waals surface area contributed by atoms with E-state index in [9.17, 15) is 34.2 Å². The van der Waals surface area contributed by atoms with Crippen molar-refractivity contribution in [3.63, 3.8) is 0 Å². The number of aromatic hydroxyl groups is 1. The first-order valence-corrected chi connectivity index (χ1v) is 14.1. The molecule has 2 aliphatic rings. The van der Waals surface area contributed by atoms with E-state index in [1.165, 1.54) is 36.0 Å². The number of phenolic OH excluding ortho intramolecular Hbond substituents is 1. The van der Waals surface area contributed by atoms with Crippen molar-refractivity contribution < 1.29 is 38.9 Å². The maximum Gasteiger partial charge on any atom is 0.408 e. The van der Waals surface area contributed by atoms with Gasteiger partial charge in [0.25, 0.3) is 11.8 Å². The molecule has 2 aliphatic heterocycles. The highest BCUT2D eigenvalue weighted by atomic mass is 32.2. The lowest BCUT2D eigenvalue weighted by Crippen LogP contribution is -2.71. The highest BCUT2D eigenvalue weighted by Crippen LogP contribution is 2.41. The summed E-state index contributed by atoms with van der Waals surface area (Å²) in [5.41, 5.74) is 4.86.